The second-order valence-corrected chi connectivity index (χ2v) is 4.97. The first-order valence-corrected chi connectivity index (χ1v) is 5.53. The van der Waals surface area contributed by atoms with Gasteiger partial charge in [0.05, 0.1) is 0 Å². The number of hydrogen-bond acceptors (Lipinski definition) is 2. The Kier molecular flexibility index (Phi) is 4.15. The number of anilines is 1. The van der Waals surface area contributed by atoms with Gasteiger partial charge in [0.2, 0.25) is 0 Å². The Labute approximate surface area is 93.1 Å². The van der Waals surface area contributed by atoms with Gasteiger partial charge in [-0.3, -0.25) is 0 Å². The van der Waals surface area contributed by atoms with Crippen LogP contribution in [0.4, 0.5) is 5.69 Å². The van der Waals surface area contributed by atoms with Crippen LogP contribution in [-0.4, -0.2) is 18.6 Å². The zero-order valence-electron chi connectivity index (χ0n) is 10.2. The first kappa shape index (κ1) is 12.1. The second-order valence-electron chi connectivity index (χ2n) is 4.97. The van der Waals surface area contributed by atoms with Gasteiger partial charge in [0, 0.05) is 24.3 Å². The monoisotopic (exact) mass is 206 g/mol. The Morgan fingerprint density at radius 3 is 2.47 bits per heavy atom. The smallest absolute Gasteiger partial charge is 0.0343 e. The molecule has 2 heteroatoms. The van der Waals surface area contributed by atoms with E-state index in [0.717, 1.165) is 13.1 Å². The van der Waals surface area contributed by atoms with Crippen molar-refractivity contribution in [3.63, 3.8) is 0 Å². The van der Waals surface area contributed by atoms with Crippen LogP contribution in [0, 0.1) is 6.92 Å². The molecule has 1 aromatic rings. The van der Waals surface area contributed by atoms with Gasteiger partial charge in [0.25, 0.3) is 0 Å². The van der Waals surface area contributed by atoms with Crippen LogP contribution in [0.25, 0.3) is 0 Å². The highest BCUT2D eigenvalue weighted by Gasteiger charge is 2.06. The number of benzene rings is 1. The fourth-order valence-electron chi connectivity index (χ4n) is 1.40. The lowest BCUT2D eigenvalue weighted by atomic mass is 10.1. The topological polar surface area (TPSA) is 24.1 Å². The average molecular weight is 206 g/mol. The molecule has 2 nitrogen and oxygen atoms in total. The molecule has 0 bridgehead atoms. The highest BCUT2D eigenvalue weighted by molar-refractivity contribution is 5.45. The van der Waals surface area contributed by atoms with Crippen molar-refractivity contribution in [2.24, 2.45) is 0 Å². The van der Waals surface area contributed by atoms with Crippen LogP contribution >= 0.6 is 0 Å². The normalized spacial score (nSPS) is 11.5. The van der Waals surface area contributed by atoms with Crippen LogP contribution in [0.5, 0.6) is 0 Å². The minimum absolute atomic E-state index is 0.203. The molecule has 0 atom stereocenters. The lowest BCUT2D eigenvalue weighted by molar-refractivity contribution is 0.435. The summed E-state index contributed by atoms with van der Waals surface area (Å²) in [5.74, 6) is 0. The molecule has 0 fully saturated rings. The van der Waals surface area contributed by atoms with Crippen LogP contribution in [0.1, 0.15) is 26.3 Å². The average Bonchev–Trinajstić information content (AvgIpc) is 2.11. The van der Waals surface area contributed by atoms with Gasteiger partial charge in [-0.05, 0) is 45.4 Å². The predicted octanol–water partition coefficient (Wildman–Crippen LogP) is 2.80. The molecule has 0 saturated heterocycles. The summed E-state index contributed by atoms with van der Waals surface area (Å²) in [5, 5.41) is 6.84. The molecule has 15 heavy (non-hydrogen) atoms. The van der Waals surface area contributed by atoms with Gasteiger partial charge >= 0.3 is 0 Å². The second kappa shape index (κ2) is 5.17. The highest BCUT2D eigenvalue weighted by atomic mass is 15.0. The van der Waals surface area contributed by atoms with E-state index >= 15 is 0 Å². The van der Waals surface area contributed by atoms with Gasteiger partial charge in [-0.2, -0.15) is 0 Å². The van der Waals surface area contributed by atoms with Gasteiger partial charge in [-0.25, -0.2) is 0 Å². The molecule has 1 rings (SSSR count). The number of hydrogen-bond donors (Lipinski definition) is 2. The van der Waals surface area contributed by atoms with E-state index in [1.54, 1.807) is 0 Å². The molecule has 0 heterocycles. The van der Waals surface area contributed by atoms with Crippen LogP contribution in [-0.2, 0) is 0 Å². The molecule has 2 N–H and O–H groups in total. The summed E-state index contributed by atoms with van der Waals surface area (Å²) in [5.41, 5.74) is 2.70. The van der Waals surface area contributed by atoms with Gasteiger partial charge in [0.15, 0.2) is 0 Å². The van der Waals surface area contributed by atoms with Crippen LogP contribution in [0.2, 0.25) is 0 Å². The van der Waals surface area contributed by atoms with Crippen LogP contribution in [0.15, 0.2) is 24.3 Å². The number of nitrogens with one attached hydrogen (secondary N) is 2. The third kappa shape index (κ3) is 5.43. The molecule has 0 aliphatic heterocycles. The van der Waals surface area contributed by atoms with Crippen molar-refractivity contribution in [1.82, 2.24) is 5.32 Å². The fourth-order valence-corrected chi connectivity index (χ4v) is 1.40. The largest absolute Gasteiger partial charge is 0.384 e. The maximum absolute atomic E-state index is 3.44. The molecule has 0 spiro atoms. The molecule has 0 radical (unpaired) electrons. The lowest BCUT2D eigenvalue weighted by Crippen LogP contribution is -2.38. The van der Waals surface area contributed by atoms with Crippen molar-refractivity contribution in [1.29, 1.82) is 0 Å². The summed E-state index contributed by atoms with van der Waals surface area (Å²) in [7, 11) is 0. The molecule has 84 valence electrons. The van der Waals surface area contributed by atoms with E-state index < -0.39 is 0 Å². The third-order valence-electron chi connectivity index (χ3n) is 2.13. The lowest BCUT2D eigenvalue weighted by Gasteiger charge is -2.20. The molecule has 0 aliphatic rings. The van der Waals surface area contributed by atoms with Crippen molar-refractivity contribution in [3.05, 3.63) is 29.8 Å². The van der Waals surface area contributed by atoms with Gasteiger partial charge < -0.3 is 10.6 Å². The maximum Gasteiger partial charge on any atom is 0.0343 e. The molecule has 0 amide bonds. The minimum Gasteiger partial charge on any atom is -0.384 e. The maximum atomic E-state index is 3.44. The molecule has 0 aromatic heterocycles. The Balaban J connectivity index is 2.26. The standard InChI is InChI=1S/C13H22N2/c1-11-6-5-7-12(10-11)14-8-9-15-13(2,3)4/h5-7,10,14-15H,8-9H2,1-4H3. The Bertz CT molecular complexity index is 300. The summed E-state index contributed by atoms with van der Waals surface area (Å²) in [6.45, 7) is 10.6. The van der Waals surface area contributed by atoms with E-state index in [2.05, 4.69) is 62.6 Å². The van der Waals surface area contributed by atoms with Crippen molar-refractivity contribution in [2.75, 3.05) is 18.4 Å². The van der Waals surface area contributed by atoms with Crippen molar-refractivity contribution in [2.45, 2.75) is 33.2 Å². The minimum atomic E-state index is 0.203. The molecule has 0 saturated carbocycles. The summed E-state index contributed by atoms with van der Waals surface area (Å²) < 4.78 is 0. The van der Waals surface area contributed by atoms with Crippen LogP contribution in [0.3, 0.4) is 0 Å². The molecular formula is C13H22N2. The van der Waals surface area contributed by atoms with Crippen molar-refractivity contribution in [3.8, 4) is 0 Å². The number of rotatable bonds is 4. The summed E-state index contributed by atoms with van der Waals surface area (Å²) in [6.07, 6.45) is 0. The quantitative estimate of drug-likeness (QED) is 0.740. The van der Waals surface area contributed by atoms with E-state index in [9.17, 15) is 0 Å². The van der Waals surface area contributed by atoms with E-state index in [0.29, 0.717) is 0 Å². The first-order valence-electron chi connectivity index (χ1n) is 5.53. The zero-order valence-corrected chi connectivity index (χ0v) is 10.2. The Morgan fingerprint density at radius 1 is 1.13 bits per heavy atom. The van der Waals surface area contributed by atoms with Crippen molar-refractivity contribution < 1.29 is 0 Å². The summed E-state index contributed by atoms with van der Waals surface area (Å²) in [4.78, 5) is 0. The van der Waals surface area contributed by atoms with Crippen molar-refractivity contribution >= 4 is 5.69 Å². The van der Waals surface area contributed by atoms with Gasteiger partial charge in [0.1, 0.15) is 0 Å². The predicted molar refractivity (Wildman–Crippen MR) is 67.4 cm³/mol. The van der Waals surface area contributed by atoms with E-state index in [4.69, 9.17) is 0 Å². The van der Waals surface area contributed by atoms with Gasteiger partial charge in [-0.15, -0.1) is 0 Å². The molecule has 0 aliphatic carbocycles. The van der Waals surface area contributed by atoms with Gasteiger partial charge in [-0.1, -0.05) is 12.1 Å². The summed E-state index contributed by atoms with van der Waals surface area (Å²) >= 11 is 0. The third-order valence-corrected chi connectivity index (χ3v) is 2.13. The first-order chi connectivity index (χ1) is 6.97. The summed E-state index contributed by atoms with van der Waals surface area (Å²) in [6, 6.07) is 8.45. The molecular weight excluding hydrogens is 184 g/mol. The van der Waals surface area contributed by atoms with E-state index in [-0.39, 0.29) is 5.54 Å². The number of aryl methyl sites for hydroxylation is 1. The zero-order chi connectivity index (χ0) is 11.3. The van der Waals surface area contributed by atoms with E-state index in [1.807, 2.05) is 0 Å². The van der Waals surface area contributed by atoms with Crippen LogP contribution < -0.4 is 10.6 Å². The molecule has 0 unspecified atom stereocenters. The Hall–Kier alpha value is -1.02. The van der Waals surface area contributed by atoms with E-state index in [1.165, 1.54) is 11.3 Å². The fraction of sp³-hybridized carbons (Fsp3) is 0.538. The Morgan fingerprint density at radius 2 is 1.87 bits per heavy atom. The highest BCUT2D eigenvalue weighted by Crippen LogP contribution is 2.08. The molecule has 1 aromatic carbocycles. The SMILES string of the molecule is Cc1cccc(NCCNC(C)(C)C)c1.